The van der Waals surface area contributed by atoms with Gasteiger partial charge in [-0.3, -0.25) is 10.2 Å². The van der Waals surface area contributed by atoms with Crippen LogP contribution in [0.5, 0.6) is 0 Å². The summed E-state index contributed by atoms with van der Waals surface area (Å²) < 4.78 is 5.49. The molecule has 0 saturated heterocycles. The highest BCUT2D eigenvalue weighted by atomic mass is 16.5. The lowest BCUT2D eigenvalue weighted by atomic mass is 10.1. The van der Waals surface area contributed by atoms with Crippen molar-refractivity contribution in [1.82, 2.24) is 0 Å². The quantitative estimate of drug-likeness (QED) is 0.450. The minimum absolute atomic E-state index is 0.0283. The monoisotopic (exact) mass is 264 g/mol. The summed E-state index contributed by atoms with van der Waals surface area (Å²) in [6.45, 7) is 8.57. The van der Waals surface area contributed by atoms with Crippen LogP contribution in [0, 0.1) is 5.41 Å². The Balaban J connectivity index is 0.00000154. The molecular formula is C15H24N2O2. The lowest BCUT2D eigenvalue weighted by Gasteiger charge is -2.19. The summed E-state index contributed by atoms with van der Waals surface area (Å²) >= 11 is 0. The number of benzene rings is 1. The molecule has 2 N–H and O–H groups in total. The maximum Gasteiger partial charge on any atom is 0.168 e. The second-order valence-corrected chi connectivity index (χ2v) is 3.57. The smallest absolute Gasteiger partial charge is 0.168 e. The van der Waals surface area contributed by atoms with Crippen molar-refractivity contribution in [3.8, 4) is 0 Å². The van der Waals surface area contributed by atoms with E-state index in [1.807, 2.05) is 39.8 Å². The largest absolute Gasteiger partial charge is 0.360 e. The van der Waals surface area contributed by atoms with Crippen molar-refractivity contribution < 1.29 is 9.53 Å². The lowest BCUT2D eigenvalue weighted by Crippen LogP contribution is -2.23. The van der Waals surface area contributed by atoms with E-state index in [2.05, 4.69) is 5.32 Å². The number of anilines is 1. The van der Waals surface area contributed by atoms with Gasteiger partial charge in [-0.25, -0.2) is 0 Å². The van der Waals surface area contributed by atoms with Gasteiger partial charge in [0.25, 0.3) is 0 Å². The van der Waals surface area contributed by atoms with Gasteiger partial charge in [0.1, 0.15) is 11.9 Å². The number of carbonyl (C=O) groups excluding carboxylic acids is 1. The first-order valence-electron chi connectivity index (χ1n) is 6.74. The van der Waals surface area contributed by atoms with Crippen molar-refractivity contribution in [2.45, 2.75) is 40.3 Å². The third-order valence-electron chi connectivity index (χ3n) is 2.39. The van der Waals surface area contributed by atoms with Crippen molar-refractivity contribution >= 4 is 17.7 Å². The van der Waals surface area contributed by atoms with Crippen LogP contribution >= 0.6 is 0 Å². The first-order chi connectivity index (χ1) is 9.22. The first kappa shape index (κ1) is 17.3. The molecule has 0 aliphatic heterocycles. The molecule has 1 unspecified atom stereocenters. The molecule has 1 atom stereocenters. The van der Waals surface area contributed by atoms with Crippen LogP contribution in [0.4, 0.5) is 5.69 Å². The zero-order valence-corrected chi connectivity index (χ0v) is 12.2. The van der Waals surface area contributed by atoms with E-state index in [1.54, 1.807) is 12.1 Å². The van der Waals surface area contributed by atoms with E-state index >= 15 is 0 Å². The van der Waals surface area contributed by atoms with Crippen LogP contribution in [0.15, 0.2) is 24.3 Å². The Morgan fingerprint density at radius 1 is 1.37 bits per heavy atom. The third-order valence-corrected chi connectivity index (χ3v) is 2.39. The van der Waals surface area contributed by atoms with Gasteiger partial charge in [-0.15, -0.1) is 0 Å². The van der Waals surface area contributed by atoms with E-state index in [-0.39, 0.29) is 11.9 Å². The van der Waals surface area contributed by atoms with Crippen LogP contribution in [0.1, 0.15) is 39.7 Å². The van der Waals surface area contributed by atoms with Crippen LogP contribution in [-0.2, 0) is 9.53 Å². The topological polar surface area (TPSA) is 62.2 Å². The van der Waals surface area contributed by atoms with Crippen LogP contribution in [-0.4, -0.2) is 24.8 Å². The molecule has 0 spiro atoms. The Morgan fingerprint density at radius 2 is 2.00 bits per heavy atom. The first-order valence-corrected chi connectivity index (χ1v) is 6.74. The van der Waals surface area contributed by atoms with Gasteiger partial charge in [0.05, 0.1) is 0 Å². The van der Waals surface area contributed by atoms with E-state index in [0.717, 1.165) is 12.1 Å². The summed E-state index contributed by atoms with van der Waals surface area (Å²) in [5.41, 5.74) is 1.32. The summed E-state index contributed by atoms with van der Waals surface area (Å²) in [5, 5.41) is 10.8. The number of rotatable bonds is 7. The summed E-state index contributed by atoms with van der Waals surface area (Å²) in [5.74, 6) is 0. The zero-order chi connectivity index (χ0) is 14.7. The van der Waals surface area contributed by atoms with Crippen LogP contribution in [0.25, 0.3) is 0 Å². The molecule has 0 heterocycles. The molecular weight excluding hydrogens is 240 g/mol. The molecule has 0 aromatic heterocycles. The van der Waals surface area contributed by atoms with Crippen molar-refractivity contribution in [1.29, 1.82) is 5.41 Å². The van der Waals surface area contributed by atoms with E-state index in [9.17, 15) is 4.79 Å². The van der Waals surface area contributed by atoms with Crippen molar-refractivity contribution in [2.24, 2.45) is 0 Å². The Labute approximate surface area is 115 Å². The predicted octanol–water partition coefficient (Wildman–Crippen LogP) is 3.46. The third kappa shape index (κ3) is 5.66. The fourth-order valence-corrected chi connectivity index (χ4v) is 1.54. The molecule has 0 radical (unpaired) electrons. The second-order valence-electron chi connectivity index (χ2n) is 3.57. The standard InChI is InChI=1S/C13H18N2O2.C2H6/c1-3-13(17-4-2)15-12-8-6-5-7-10(12)11(14)9-16;1-2/h5-9,13-15H,3-4H2,1-2H3;1-2H3. The molecule has 0 aliphatic carbocycles. The molecule has 1 aromatic carbocycles. The molecule has 0 amide bonds. The number of hydrogen-bond donors (Lipinski definition) is 2. The van der Waals surface area contributed by atoms with Gasteiger partial charge in [0.15, 0.2) is 6.29 Å². The average Bonchev–Trinajstić information content (AvgIpc) is 2.48. The molecule has 1 aromatic rings. The Bertz CT molecular complexity index is 391. The van der Waals surface area contributed by atoms with Crippen LogP contribution in [0.2, 0.25) is 0 Å². The summed E-state index contributed by atoms with van der Waals surface area (Å²) in [7, 11) is 0. The maximum absolute atomic E-state index is 10.7. The van der Waals surface area contributed by atoms with E-state index in [0.29, 0.717) is 18.5 Å². The summed E-state index contributed by atoms with van der Waals surface area (Å²) in [4.78, 5) is 10.7. The Hall–Kier alpha value is -1.68. The molecule has 1 rings (SSSR count). The Morgan fingerprint density at radius 3 is 2.53 bits per heavy atom. The van der Waals surface area contributed by atoms with Crippen molar-refractivity contribution in [2.75, 3.05) is 11.9 Å². The van der Waals surface area contributed by atoms with Gasteiger partial charge < -0.3 is 10.1 Å². The summed E-state index contributed by atoms with van der Waals surface area (Å²) in [6.07, 6.45) is 1.26. The normalized spacial score (nSPS) is 10.9. The molecule has 0 aliphatic rings. The van der Waals surface area contributed by atoms with E-state index in [1.165, 1.54) is 0 Å². The maximum atomic E-state index is 10.7. The number of aldehydes is 1. The molecule has 0 fully saturated rings. The van der Waals surface area contributed by atoms with E-state index in [4.69, 9.17) is 10.1 Å². The SMILES string of the molecule is CC.CCOC(CC)Nc1ccccc1C(=N)C=O. The van der Waals surface area contributed by atoms with Crippen molar-refractivity contribution in [3.63, 3.8) is 0 Å². The van der Waals surface area contributed by atoms with Gasteiger partial charge in [0, 0.05) is 17.9 Å². The number of carbonyl (C=O) groups is 1. The molecule has 0 saturated carbocycles. The van der Waals surface area contributed by atoms with Gasteiger partial charge in [0.2, 0.25) is 0 Å². The predicted molar refractivity (Wildman–Crippen MR) is 80.0 cm³/mol. The minimum atomic E-state index is -0.0967. The Kier molecular flexibility index (Phi) is 9.35. The minimum Gasteiger partial charge on any atom is -0.360 e. The summed E-state index contributed by atoms with van der Waals surface area (Å²) in [6, 6.07) is 7.26. The molecule has 4 heteroatoms. The van der Waals surface area contributed by atoms with Crippen LogP contribution < -0.4 is 5.32 Å². The van der Waals surface area contributed by atoms with Gasteiger partial charge in [-0.1, -0.05) is 39.0 Å². The fraction of sp³-hybridized carbons (Fsp3) is 0.467. The number of nitrogens with one attached hydrogen (secondary N) is 2. The molecule has 19 heavy (non-hydrogen) atoms. The lowest BCUT2D eigenvalue weighted by molar-refractivity contribution is -0.102. The molecule has 4 nitrogen and oxygen atoms in total. The van der Waals surface area contributed by atoms with E-state index < -0.39 is 0 Å². The molecule has 106 valence electrons. The highest BCUT2D eigenvalue weighted by Crippen LogP contribution is 2.17. The number of para-hydroxylation sites is 1. The van der Waals surface area contributed by atoms with Gasteiger partial charge in [-0.05, 0) is 19.4 Å². The van der Waals surface area contributed by atoms with Crippen molar-refractivity contribution in [3.05, 3.63) is 29.8 Å². The van der Waals surface area contributed by atoms with Crippen LogP contribution in [0.3, 0.4) is 0 Å². The second kappa shape index (κ2) is 10.3. The highest BCUT2D eigenvalue weighted by molar-refractivity contribution is 6.36. The number of ether oxygens (including phenoxy) is 1. The zero-order valence-electron chi connectivity index (χ0n) is 12.2. The number of hydrogen-bond acceptors (Lipinski definition) is 4. The molecule has 0 bridgehead atoms. The fourth-order valence-electron chi connectivity index (χ4n) is 1.54. The highest BCUT2D eigenvalue weighted by Gasteiger charge is 2.10. The average molecular weight is 264 g/mol. The van der Waals surface area contributed by atoms with Gasteiger partial charge in [-0.2, -0.15) is 0 Å². The van der Waals surface area contributed by atoms with Gasteiger partial charge >= 0.3 is 0 Å².